The van der Waals surface area contributed by atoms with E-state index in [9.17, 15) is 18.5 Å². The quantitative estimate of drug-likeness (QED) is 0.640. The van der Waals surface area contributed by atoms with Crippen LogP contribution < -0.4 is 5.73 Å². The minimum absolute atomic E-state index is 0. The maximum absolute atomic E-state index is 12.3. The third kappa shape index (κ3) is 4.64. The maximum Gasteiger partial charge on any atom is 0.269 e. The van der Waals surface area contributed by atoms with E-state index in [0.717, 1.165) is 12.8 Å². The zero-order valence-corrected chi connectivity index (χ0v) is 13.7. The van der Waals surface area contributed by atoms with Crippen LogP contribution in [0.15, 0.2) is 24.3 Å². The number of nitro groups is 1. The summed E-state index contributed by atoms with van der Waals surface area (Å²) in [5.41, 5.74) is 6.11. The van der Waals surface area contributed by atoms with Crippen molar-refractivity contribution in [2.75, 3.05) is 19.6 Å². The molecule has 1 saturated heterocycles. The lowest BCUT2D eigenvalue weighted by molar-refractivity contribution is -0.384. The Morgan fingerprint density at radius 2 is 1.77 bits per heavy atom. The monoisotopic (exact) mass is 349 g/mol. The van der Waals surface area contributed by atoms with Crippen LogP contribution in [0.2, 0.25) is 0 Å². The number of nitrogens with zero attached hydrogens (tertiary/aromatic N) is 2. The highest BCUT2D eigenvalue weighted by Gasteiger charge is 2.27. The average Bonchev–Trinajstić information content (AvgIpc) is 2.47. The van der Waals surface area contributed by atoms with Gasteiger partial charge in [-0.3, -0.25) is 10.1 Å². The summed E-state index contributed by atoms with van der Waals surface area (Å²) in [4.78, 5) is 10.1. The van der Waals surface area contributed by atoms with Gasteiger partial charge in [0, 0.05) is 25.2 Å². The van der Waals surface area contributed by atoms with Crippen LogP contribution in [-0.2, 0) is 15.8 Å². The van der Waals surface area contributed by atoms with E-state index in [1.165, 1.54) is 28.6 Å². The molecule has 7 nitrogen and oxygen atoms in total. The fraction of sp³-hybridized carbons (Fsp3) is 0.538. The predicted octanol–water partition coefficient (Wildman–Crippen LogP) is 1.52. The molecule has 22 heavy (non-hydrogen) atoms. The van der Waals surface area contributed by atoms with Crippen molar-refractivity contribution in [3.63, 3.8) is 0 Å². The van der Waals surface area contributed by atoms with Crippen LogP contribution in [0.1, 0.15) is 18.4 Å². The van der Waals surface area contributed by atoms with Crippen LogP contribution in [0.4, 0.5) is 5.69 Å². The molecule has 1 aliphatic rings. The van der Waals surface area contributed by atoms with Crippen molar-refractivity contribution < 1.29 is 13.3 Å². The summed E-state index contributed by atoms with van der Waals surface area (Å²) in [5, 5.41) is 10.6. The van der Waals surface area contributed by atoms with Gasteiger partial charge in [0.15, 0.2) is 0 Å². The van der Waals surface area contributed by atoms with Gasteiger partial charge in [-0.1, -0.05) is 12.1 Å². The molecule has 0 saturated carbocycles. The molecule has 124 valence electrons. The zero-order valence-electron chi connectivity index (χ0n) is 12.1. The van der Waals surface area contributed by atoms with Crippen LogP contribution in [0.25, 0.3) is 0 Å². The first kappa shape index (κ1) is 18.8. The minimum atomic E-state index is -3.38. The molecular weight excluding hydrogens is 330 g/mol. The van der Waals surface area contributed by atoms with Gasteiger partial charge in [0.25, 0.3) is 5.69 Å². The first-order valence-corrected chi connectivity index (χ1v) is 8.44. The molecule has 0 unspecified atom stereocenters. The molecule has 2 N–H and O–H groups in total. The Kier molecular flexibility index (Phi) is 6.73. The smallest absolute Gasteiger partial charge is 0.269 e. The van der Waals surface area contributed by atoms with E-state index < -0.39 is 14.9 Å². The molecule has 0 aliphatic carbocycles. The molecule has 1 heterocycles. The number of non-ortho nitro benzene ring substituents is 1. The summed E-state index contributed by atoms with van der Waals surface area (Å²) in [6, 6.07) is 5.63. The number of sulfonamides is 1. The molecule has 9 heteroatoms. The number of halogens is 1. The van der Waals surface area contributed by atoms with Crippen molar-refractivity contribution in [1.82, 2.24) is 4.31 Å². The molecule has 1 aliphatic heterocycles. The van der Waals surface area contributed by atoms with Gasteiger partial charge in [-0.25, -0.2) is 12.7 Å². The van der Waals surface area contributed by atoms with E-state index in [1.807, 2.05) is 0 Å². The summed E-state index contributed by atoms with van der Waals surface area (Å²) in [7, 11) is -3.38. The summed E-state index contributed by atoms with van der Waals surface area (Å²) >= 11 is 0. The predicted molar refractivity (Wildman–Crippen MR) is 86.3 cm³/mol. The highest BCUT2D eigenvalue weighted by molar-refractivity contribution is 7.88. The van der Waals surface area contributed by atoms with E-state index in [1.54, 1.807) is 0 Å². The van der Waals surface area contributed by atoms with Gasteiger partial charge >= 0.3 is 0 Å². The summed E-state index contributed by atoms with van der Waals surface area (Å²) in [6.07, 6.45) is 1.58. The molecule has 1 aromatic rings. The second-order valence-corrected chi connectivity index (χ2v) is 7.23. The van der Waals surface area contributed by atoms with Crippen LogP contribution in [0.5, 0.6) is 0 Å². The number of nitro benzene ring substituents is 1. The Morgan fingerprint density at radius 3 is 2.23 bits per heavy atom. The van der Waals surface area contributed by atoms with Crippen molar-refractivity contribution in [3.8, 4) is 0 Å². The number of hydrogen-bond acceptors (Lipinski definition) is 5. The molecule has 0 amide bonds. The number of rotatable bonds is 5. The molecule has 0 aromatic heterocycles. The average molecular weight is 350 g/mol. The molecule has 2 rings (SSSR count). The van der Waals surface area contributed by atoms with Gasteiger partial charge in [-0.05, 0) is 30.9 Å². The normalized spacial score (nSPS) is 17.0. The molecule has 0 bridgehead atoms. The fourth-order valence-corrected chi connectivity index (χ4v) is 4.00. The van der Waals surface area contributed by atoms with Gasteiger partial charge < -0.3 is 5.73 Å². The van der Waals surface area contributed by atoms with Crippen LogP contribution >= 0.6 is 12.4 Å². The number of piperidine rings is 1. The molecule has 1 aromatic carbocycles. The summed E-state index contributed by atoms with van der Waals surface area (Å²) < 4.78 is 26.1. The molecule has 1 fully saturated rings. The minimum Gasteiger partial charge on any atom is -0.330 e. The van der Waals surface area contributed by atoms with Crippen molar-refractivity contribution in [1.29, 1.82) is 0 Å². The Morgan fingerprint density at radius 1 is 1.23 bits per heavy atom. The van der Waals surface area contributed by atoms with Gasteiger partial charge in [-0.2, -0.15) is 0 Å². The number of benzene rings is 1. The van der Waals surface area contributed by atoms with Gasteiger partial charge in [0.05, 0.1) is 10.7 Å². The highest BCUT2D eigenvalue weighted by Crippen LogP contribution is 2.21. The van der Waals surface area contributed by atoms with Crippen LogP contribution in [0, 0.1) is 16.0 Å². The van der Waals surface area contributed by atoms with Crippen molar-refractivity contribution in [2.45, 2.75) is 18.6 Å². The van der Waals surface area contributed by atoms with Gasteiger partial charge in [0.1, 0.15) is 0 Å². The Balaban J connectivity index is 0.00000242. The maximum atomic E-state index is 12.3. The first-order chi connectivity index (χ1) is 9.92. The first-order valence-electron chi connectivity index (χ1n) is 6.83. The number of nitrogens with two attached hydrogens (primary N) is 1. The third-order valence-electron chi connectivity index (χ3n) is 3.80. The largest absolute Gasteiger partial charge is 0.330 e. The lowest BCUT2D eigenvalue weighted by Crippen LogP contribution is -2.40. The fourth-order valence-electron chi connectivity index (χ4n) is 2.44. The molecule has 0 radical (unpaired) electrons. The van der Waals surface area contributed by atoms with Crippen molar-refractivity contribution in [3.05, 3.63) is 39.9 Å². The van der Waals surface area contributed by atoms with Gasteiger partial charge in [-0.15, -0.1) is 12.4 Å². The summed E-state index contributed by atoms with van der Waals surface area (Å²) in [6.45, 7) is 1.59. The van der Waals surface area contributed by atoms with Crippen molar-refractivity contribution in [2.24, 2.45) is 11.7 Å². The Labute approximate surface area is 136 Å². The van der Waals surface area contributed by atoms with Crippen LogP contribution in [-0.4, -0.2) is 37.3 Å². The van der Waals surface area contributed by atoms with Gasteiger partial charge in [0.2, 0.25) is 10.0 Å². The molecular formula is C13H20ClN3O4S. The third-order valence-corrected chi connectivity index (χ3v) is 5.65. The standard InChI is InChI=1S/C13H19N3O4S.ClH/c14-9-11-5-7-15(8-6-11)21(19,20)10-12-1-3-13(4-2-12)16(17)18;/h1-4,11H,5-10,14H2;1H. The highest BCUT2D eigenvalue weighted by atomic mass is 35.5. The van der Waals surface area contributed by atoms with Crippen LogP contribution in [0.3, 0.4) is 0 Å². The van der Waals surface area contributed by atoms with E-state index in [-0.39, 0.29) is 23.8 Å². The second kappa shape index (κ2) is 7.87. The lowest BCUT2D eigenvalue weighted by Gasteiger charge is -2.30. The SMILES string of the molecule is Cl.NCC1CCN(S(=O)(=O)Cc2ccc([N+](=O)[O-])cc2)CC1. The van der Waals surface area contributed by atoms with Crippen molar-refractivity contribution >= 4 is 28.1 Å². The topological polar surface area (TPSA) is 107 Å². The van der Waals surface area contributed by atoms with E-state index in [4.69, 9.17) is 5.73 Å². The van der Waals surface area contributed by atoms with E-state index in [2.05, 4.69) is 0 Å². The van der Waals surface area contributed by atoms with E-state index in [0.29, 0.717) is 31.1 Å². The Hall–Kier alpha value is -1.22. The second-order valence-electron chi connectivity index (χ2n) is 5.26. The molecule has 0 spiro atoms. The Bertz CT molecular complexity index is 598. The lowest BCUT2D eigenvalue weighted by atomic mass is 9.99. The van der Waals surface area contributed by atoms with E-state index >= 15 is 0 Å². The summed E-state index contributed by atoms with van der Waals surface area (Å²) in [5.74, 6) is 0.272. The number of hydrogen-bond donors (Lipinski definition) is 1. The zero-order chi connectivity index (χ0) is 15.5. The molecule has 0 atom stereocenters.